The number of aliphatic hydroxyl groups excluding tert-OH is 1. The van der Waals surface area contributed by atoms with Crippen LogP contribution in [0.1, 0.15) is 55.4 Å². The van der Waals surface area contributed by atoms with Crippen molar-refractivity contribution in [3.05, 3.63) is 68.4 Å². The summed E-state index contributed by atoms with van der Waals surface area (Å²) >= 11 is 1.18. The molecule has 1 saturated heterocycles. The maximum absolute atomic E-state index is 14.6. The molecule has 3 aromatic heterocycles. The number of hydrogen-bond donors (Lipinski definition) is 2. The summed E-state index contributed by atoms with van der Waals surface area (Å²) in [6, 6.07) is 3.15. The highest BCUT2D eigenvalue weighted by Crippen LogP contribution is 2.36. The van der Waals surface area contributed by atoms with Gasteiger partial charge in [0, 0.05) is 17.7 Å². The number of thiophene rings is 1. The maximum Gasteiger partial charge on any atom is 0.332 e. The van der Waals surface area contributed by atoms with E-state index in [-0.39, 0.29) is 24.5 Å². The van der Waals surface area contributed by atoms with E-state index in [4.69, 9.17) is 9.47 Å². The lowest BCUT2D eigenvalue weighted by Gasteiger charge is -2.31. The third-order valence-electron chi connectivity index (χ3n) is 8.04. The van der Waals surface area contributed by atoms with Crippen LogP contribution >= 0.6 is 11.3 Å². The fourth-order valence-corrected chi connectivity index (χ4v) is 7.10. The number of carbonyl (C=O) groups excluding carboxylic acids is 1. The molecule has 6 rings (SSSR count). The van der Waals surface area contributed by atoms with E-state index in [0.29, 0.717) is 58.9 Å². The second kappa shape index (κ2) is 11.4. The molecule has 2 aliphatic rings. The molecule has 1 aliphatic carbocycles. The molecule has 1 aliphatic heterocycles. The van der Waals surface area contributed by atoms with Gasteiger partial charge in [0.25, 0.3) is 5.56 Å². The topological polar surface area (TPSA) is 142 Å². The van der Waals surface area contributed by atoms with Gasteiger partial charge in [-0.3, -0.25) is 14.2 Å². The summed E-state index contributed by atoms with van der Waals surface area (Å²) in [5.41, 5.74) is -0.261. The van der Waals surface area contributed by atoms with Gasteiger partial charge in [0.05, 0.1) is 43.6 Å². The van der Waals surface area contributed by atoms with Gasteiger partial charge < -0.3 is 19.9 Å². The smallest absolute Gasteiger partial charge is 0.332 e. The van der Waals surface area contributed by atoms with Crippen molar-refractivity contribution >= 4 is 27.5 Å². The minimum Gasteiger partial charge on any atom is -0.496 e. The van der Waals surface area contributed by atoms with E-state index in [1.165, 1.54) is 58.4 Å². The molecule has 4 aromatic rings. The van der Waals surface area contributed by atoms with Crippen LogP contribution in [0, 0.1) is 12.7 Å². The van der Waals surface area contributed by atoms with Crippen LogP contribution in [0.15, 0.2) is 40.2 Å². The first-order valence-corrected chi connectivity index (χ1v) is 14.7. The third kappa shape index (κ3) is 5.03. The summed E-state index contributed by atoms with van der Waals surface area (Å²) < 4.78 is 29.2. The molecule has 4 heterocycles. The Morgan fingerprint density at radius 3 is 2.55 bits per heavy atom. The number of hydrogen-bond acceptors (Lipinski definition) is 9. The van der Waals surface area contributed by atoms with Crippen molar-refractivity contribution < 1.29 is 23.8 Å². The van der Waals surface area contributed by atoms with Crippen LogP contribution in [0.5, 0.6) is 5.75 Å². The molecule has 222 valence electrons. The molecule has 12 nitrogen and oxygen atoms in total. The molecule has 1 unspecified atom stereocenters. The van der Waals surface area contributed by atoms with Crippen LogP contribution in [0.4, 0.5) is 4.39 Å². The number of rotatable bonds is 8. The van der Waals surface area contributed by atoms with Gasteiger partial charge >= 0.3 is 5.69 Å². The number of ether oxygens (including phenoxy) is 2. The SMILES string of the molecule is COc1ccc(F)cc1C(Cn1c(=O)n([C@H]2CCNC2=O)c(=O)c2c(C)c(-n3nccn3)sc21)OC1CCC(O)CC1. The minimum atomic E-state index is -0.964. The Morgan fingerprint density at radius 1 is 1.14 bits per heavy atom. The number of fused-ring (bicyclic) bond motifs is 1. The van der Waals surface area contributed by atoms with E-state index in [1.807, 2.05) is 0 Å². The Labute approximate surface area is 243 Å². The molecular weight excluding hydrogens is 567 g/mol. The van der Waals surface area contributed by atoms with E-state index >= 15 is 0 Å². The Hall–Kier alpha value is -3.88. The standard InChI is InChI=1S/C28H31FN6O6S/c1-15-23-25(38)34(20-9-10-30-24(20)37)28(39)33(27(23)42-26(15)35-31-11-12-32-35)14-22(41-18-6-4-17(36)5-7-18)19-13-16(29)3-8-21(19)40-2/h3,8,11-13,17-18,20,22,36H,4-7,9-10,14H2,1-2H3,(H,30,37)/t17?,18?,20-,22?/m0/s1. The van der Waals surface area contributed by atoms with Crippen molar-refractivity contribution in [3.8, 4) is 10.8 Å². The fraction of sp³-hybridized carbons (Fsp3) is 0.464. The predicted octanol–water partition coefficient (Wildman–Crippen LogP) is 2.38. The molecule has 0 spiro atoms. The Kier molecular flexibility index (Phi) is 7.68. The number of aliphatic hydroxyl groups is 1. The largest absolute Gasteiger partial charge is 0.496 e. The zero-order valence-corrected chi connectivity index (χ0v) is 24.0. The highest BCUT2D eigenvalue weighted by Gasteiger charge is 2.33. The van der Waals surface area contributed by atoms with Gasteiger partial charge in [-0.1, -0.05) is 11.3 Å². The molecule has 2 fully saturated rings. The number of carbonyl (C=O) groups is 1. The van der Waals surface area contributed by atoms with Crippen molar-refractivity contribution in [1.82, 2.24) is 29.4 Å². The van der Waals surface area contributed by atoms with Crippen molar-refractivity contribution in [3.63, 3.8) is 0 Å². The van der Waals surface area contributed by atoms with Gasteiger partial charge in [0.2, 0.25) is 5.91 Å². The highest BCUT2D eigenvalue weighted by molar-refractivity contribution is 7.21. The van der Waals surface area contributed by atoms with E-state index in [9.17, 15) is 23.9 Å². The second-order valence-electron chi connectivity index (χ2n) is 10.6. The van der Waals surface area contributed by atoms with Gasteiger partial charge in [0.1, 0.15) is 33.5 Å². The van der Waals surface area contributed by atoms with Crippen LogP contribution < -0.4 is 21.3 Å². The van der Waals surface area contributed by atoms with Gasteiger partial charge in [-0.05, 0) is 57.2 Å². The lowest BCUT2D eigenvalue weighted by molar-refractivity contribution is -0.122. The minimum absolute atomic E-state index is 0.0885. The maximum atomic E-state index is 14.6. The average molecular weight is 599 g/mol. The molecular formula is C28H31FN6O6S. The number of aryl methyl sites for hydroxylation is 1. The summed E-state index contributed by atoms with van der Waals surface area (Å²) in [6.45, 7) is 2.01. The lowest BCUT2D eigenvalue weighted by atomic mass is 9.94. The molecule has 1 aromatic carbocycles. The highest BCUT2D eigenvalue weighted by atomic mass is 32.1. The number of nitrogens with one attached hydrogen (secondary N) is 1. The molecule has 1 amide bonds. The summed E-state index contributed by atoms with van der Waals surface area (Å²) in [4.78, 5) is 42.5. The van der Waals surface area contributed by atoms with Crippen LogP contribution in [0.25, 0.3) is 15.2 Å². The Morgan fingerprint density at radius 2 is 1.88 bits per heavy atom. The normalized spacial score (nSPS) is 21.5. The second-order valence-corrected chi connectivity index (χ2v) is 11.6. The van der Waals surface area contributed by atoms with E-state index < -0.39 is 41.2 Å². The predicted molar refractivity (Wildman–Crippen MR) is 152 cm³/mol. The van der Waals surface area contributed by atoms with Crippen LogP contribution in [-0.4, -0.2) is 61.0 Å². The lowest BCUT2D eigenvalue weighted by Crippen LogP contribution is -2.44. The van der Waals surface area contributed by atoms with Crippen LogP contribution in [0.3, 0.4) is 0 Å². The van der Waals surface area contributed by atoms with E-state index in [0.717, 1.165) is 4.57 Å². The fourth-order valence-electron chi connectivity index (χ4n) is 5.88. The summed E-state index contributed by atoms with van der Waals surface area (Å²) in [5.74, 6) is -0.515. The van der Waals surface area contributed by atoms with Crippen LogP contribution in [0.2, 0.25) is 0 Å². The molecule has 2 N–H and O–H groups in total. The summed E-state index contributed by atoms with van der Waals surface area (Å²) in [5, 5.41) is 22.0. The molecule has 14 heteroatoms. The van der Waals surface area contributed by atoms with Gasteiger partial charge in [0.15, 0.2) is 0 Å². The first kappa shape index (κ1) is 28.2. The van der Waals surface area contributed by atoms with Crippen molar-refractivity contribution in [1.29, 1.82) is 0 Å². The van der Waals surface area contributed by atoms with E-state index in [2.05, 4.69) is 15.5 Å². The van der Waals surface area contributed by atoms with Gasteiger partial charge in [-0.2, -0.15) is 10.2 Å². The quantitative estimate of drug-likeness (QED) is 0.315. The molecule has 2 atom stereocenters. The number of halogens is 1. The average Bonchev–Trinajstić information content (AvgIpc) is 3.73. The third-order valence-corrected chi connectivity index (χ3v) is 9.32. The molecule has 0 bridgehead atoms. The molecule has 42 heavy (non-hydrogen) atoms. The van der Waals surface area contributed by atoms with Crippen molar-refractivity contribution in [2.24, 2.45) is 0 Å². The van der Waals surface area contributed by atoms with Gasteiger partial charge in [-0.15, -0.1) is 4.80 Å². The first-order valence-electron chi connectivity index (χ1n) is 13.9. The zero-order chi connectivity index (χ0) is 29.5. The van der Waals surface area contributed by atoms with Crippen molar-refractivity contribution in [2.75, 3.05) is 13.7 Å². The zero-order valence-electron chi connectivity index (χ0n) is 23.2. The summed E-state index contributed by atoms with van der Waals surface area (Å²) in [6.07, 6.45) is 4.12. The molecule has 0 radical (unpaired) electrons. The Balaban J connectivity index is 1.55. The summed E-state index contributed by atoms with van der Waals surface area (Å²) in [7, 11) is 1.47. The van der Waals surface area contributed by atoms with Crippen LogP contribution in [-0.2, 0) is 16.1 Å². The molecule has 1 saturated carbocycles. The number of aromatic nitrogens is 5. The number of nitrogens with zero attached hydrogens (tertiary/aromatic N) is 5. The Bertz CT molecular complexity index is 1740. The van der Waals surface area contributed by atoms with Gasteiger partial charge in [-0.25, -0.2) is 13.8 Å². The monoisotopic (exact) mass is 598 g/mol. The number of benzene rings is 1. The first-order chi connectivity index (χ1) is 20.3. The number of amides is 1. The van der Waals surface area contributed by atoms with Crippen molar-refractivity contribution in [2.45, 2.75) is 69.9 Å². The number of methoxy groups -OCH3 is 1. The van der Waals surface area contributed by atoms with E-state index in [1.54, 1.807) is 6.92 Å².